The lowest BCUT2D eigenvalue weighted by Gasteiger charge is -2.33. The van der Waals surface area contributed by atoms with Crippen molar-refractivity contribution in [1.82, 2.24) is 29.7 Å². The highest BCUT2D eigenvalue weighted by Crippen LogP contribution is 2.40. The minimum absolute atomic E-state index is 0.0248. The van der Waals surface area contributed by atoms with Gasteiger partial charge in [-0.3, -0.25) is 19.2 Å². The van der Waals surface area contributed by atoms with Crippen molar-refractivity contribution in [1.29, 1.82) is 0 Å². The Labute approximate surface area is 470 Å². The molecule has 4 fully saturated rings. The Morgan fingerprint density at radius 1 is 0.506 bits per heavy atom. The number of benzene rings is 6. The van der Waals surface area contributed by atoms with Crippen LogP contribution in [-0.2, 0) is 27.2 Å². The molecule has 2 aromatic heterocycles. The van der Waals surface area contributed by atoms with Crippen LogP contribution in [0.25, 0.3) is 44.6 Å². The monoisotopic (exact) mass is 1090 g/mol. The second-order valence-corrected chi connectivity index (χ2v) is 22.6. The third kappa shape index (κ3) is 12.2. The van der Waals surface area contributed by atoms with E-state index in [-0.39, 0.29) is 35.5 Å². The summed E-state index contributed by atoms with van der Waals surface area (Å²) in [5, 5.41) is 10.6. The Bertz CT molecular complexity index is 3500. The predicted molar refractivity (Wildman–Crippen MR) is 308 cm³/mol. The van der Waals surface area contributed by atoms with Crippen molar-refractivity contribution >= 4 is 69.0 Å². The molecular weight excluding hydrogens is 1030 g/mol. The molecule has 2 amide bonds. The van der Waals surface area contributed by atoms with Crippen molar-refractivity contribution in [2.45, 2.75) is 76.0 Å². The van der Waals surface area contributed by atoms with Crippen molar-refractivity contribution < 1.29 is 29.0 Å². The lowest BCUT2D eigenvalue weighted by molar-refractivity contribution is -0.150. The number of amides is 2. The minimum Gasteiger partial charge on any atom is -0.481 e. The molecule has 2 aliphatic carbocycles. The molecule has 402 valence electrons. The fourth-order valence-corrected chi connectivity index (χ4v) is 12.2. The van der Waals surface area contributed by atoms with Crippen LogP contribution in [0, 0.1) is 23.7 Å². The topological polar surface area (TPSA) is 156 Å². The number of fused-ring (bicyclic) bond motifs is 2. The summed E-state index contributed by atoms with van der Waals surface area (Å²) >= 11 is 12.3. The molecule has 0 atom stereocenters. The van der Waals surface area contributed by atoms with Crippen molar-refractivity contribution in [2.24, 2.45) is 23.7 Å². The van der Waals surface area contributed by atoms with E-state index in [1.807, 2.05) is 107 Å². The smallest absolute Gasteiger partial charge is 0.308 e. The molecule has 4 aliphatic rings. The number of hydrogen-bond donors (Lipinski definition) is 1. The number of methoxy groups -OCH3 is 1. The molecule has 0 bridgehead atoms. The molecule has 6 aromatic carbocycles. The highest BCUT2D eigenvalue weighted by Gasteiger charge is 2.37. The summed E-state index contributed by atoms with van der Waals surface area (Å²) < 4.78 is 4.91. The summed E-state index contributed by atoms with van der Waals surface area (Å²) in [7, 11) is 1.44. The summed E-state index contributed by atoms with van der Waals surface area (Å²) in [6.45, 7) is 2.95. The van der Waals surface area contributed by atoms with Gasteiger partial charge in [0.25, 0.3) is 11.8 Å². The zero-order chi connectivity index (χ0) is 54.6. The summed E-state index contributed by atoms with van der Waals surface area (Å²) in [6.07, 6.45) is 8.05. The number of piperidine rings is 2. The second-order valence-electron chi connectivity index (χ2n) is 21.8. The number of carbonyl (C=O) groups excluding carboxylic acids is 3. The number of carboxylic acid groups (broad SMARTS) is 1. The third-order valence-corrected chi connectivity index (χ3v) is 17.1. The Morgan fingerprint density at radius 3 is 1.28 bits per heavy atom. The number of likely N-dealkylation sites (tertiary alicyclic amines) is 2. The average molecular weight is 1090 g/mol. The number of esters is 1. The maximum atomic E-state index is 13.5. The van der Waals surface area contributed by atoms with Crippen LogP contribution in [-0.4, -0.2) is 91.9 Å². The van der Waals surface area contributed by atoms with Gasteiger partial charge < -0.3 is 19.6 Å². The zero-order valence-corrected chi connectivity index (χ0v) is 45.7. The van der Waals surface area contributed by atoms with Gasteiger partial charge in [0.15, 0.2) is 0 Å². The van der Waals surface area contributed by atoms with Gasteiger partial charge in [-0.05, 0) is 160 Å². The molecule has 12 nitrogen and oxygen atoms in total. The summed E-state index contributed by atoms with van der Waals surface area (Å²) in [5.41, 5.74) is 12.0. The highest BCUT2D eigenvalue weighted by atomic mass is 35.5. The van der Waals surface area contributed by atoms with Crippen molar-refractivity contribution in [3.8, 4) is 22.5 Å². The number of aliphatic carboxylic acids is 1. The van der Waals surface area contributed by atoms with Crippen molar-refractivity contribution in [2.75, 3.05) is 33.3 Å². The molecule has 0 spiro atoms. The number of hydrogen-bond acceptors (Lipinski definition) is 9. The largest absolute Gasteiger partial charge is 0.481 e. The molecule has 0 radical (unpaired) electrons. The maximum Gasteiger partial charge on any atom is 0.308 e. The lowest BCUT2D eigenvalue weighted by Crippen LogP contribution is -2.37. The van der Waals surface area contributed by atoms with Crippen LogP contribution < -0.4 is 0 Å². The Morgan fingerprint density at radius 2 is 0.899 bits per heavy atom. The first-order chi connectivity index (χ1) is 38.4. The first-order valence-corrected chi connectivity index (χ1v) is 28.3. The number of halogens is 2. The Balaban J connectivity index is 0.000000167. The quantitative estimate of drug-likeness (QED) is 0.117. The van der Waals surface area contributed by atoms with E-state index >= 15 is 0 Å². The van der Waals surface area contributed by atoms with E-state index in [4.69, 9.17) is 47.9 Å². The summed E-state index contributed by atoms with van der Waals surface area (Å²) in [6, 6.07) is 47.4. The van der Waals surface area contributed by atoms with Gasteiger partial charge in [0, 0.05) is 58.5 Å². The van der Waals surface area contributed by atoms with Gasteiger partial charge in [0.05, 0.1) is 63.8 Å². The average Bonchev–Trinajstić information content (AvgIpc) is 3.56. The SMILES string of the molecule is COC(=O)C1CC(Cc2nc3cc(C(=O)N4CCC(c5ccccc5)CC4)ccc3nc2-c2ccc(Cl)cc2)C1.O=C(O)C1CC(Cc2nc3cc(C(=O)N4CCC(c5ccccc5)CC4)ccc3nc2-c2ccc(Cl)cc2)C1. The van der Waals surface area contributed by atoms with Gasteiger partial charge in [-0.2, -0.15) is 0 Å². The summed E-state index contributed by atoms with van der Waals surface area (Å²) in [4.78, 5) is 74.0. The number of carbonyl (C=O) groups is 4. The van der Waals surface area contributed by atoms with E-state index < -0.39 is 5.97 Å². The Kier molecular flexibility index (Phi) is 16.1. The number of aromatic nitrogens is 4. The van der Waals surface area contributed by atoms with E-state index in [1.54, 1.807) is 0 Å². The predicted octanol–water partition coefficient (Wildman–Crippen LogP) is 13.3. The second kappa shape index (κ2) is 23.8. The molecule has 2 aliphatic heterocycles. The zero-order valence-electron chi connectivity index (χ0n) is 44.1. The molecule has 0 unspecified atom stereocenters. The van der Waals surface area contributed by atoms with E-state index in [9.17, 15) is 24.3 Å². The van der Waals surface area contributed by atoms with Crippen LogP contribution in [0.3, 0.4) is 0 Å². The molecule has 1 N–H and O–H groups in total. The van der Waals surface area contributed by atoms with Gasteiger partial charge in [-0.15, -0.1) is 0 Å². The highest BCUT2D eigenvalue weighted by molar-refractivity contribution is 6.31. The number of carboxylic acids is 1. The first-order valence-electron chi connectivity index (χ1n) is 27.5. The lowest BCUT2D eigenvalue weighted by atomic mass is 9.72. The minimum atomic E-state index is -0.732. The van der Waals surface area contributed by atoms with Crippen LogP contribution in [0.4, 0.5) is 0 Å². The molecule has 12 rings (SSSR count). The molecule has 8 aromatic rings. The number of nitrogens with zero attached hydrogens (tertiary/aromatic N) is 6. The third-order valence-electron chi connectivity index (χ3n) is 16.6. The summed E-state index contributed by atoms with van der Waals surface area (Å²) in [5.74, 6) is 0.424. The molecule has 2 saturated carbocycles. The molecule has 79 heavy (non-hydrogen) atoms. The van der Waals surface area contributed by atoms with E-state index in [2.05, 4.69) is 48.5 Å². The number of rotatable bonds is 12. The molecule has 4 heterocycles. The van der Waals surface area contributed by atoms with Crippen molar-refractivity contribution in [3.05, 3.63) is 189 Å². The maximum absolute atomic E-state index is 13.5. The molecular formula is C65H62Cl2N6O6. The van der Waals surface area contributed by atoms with Crippen LogP contribution in [0.2, 0.25) is 10.0 Å². The Hall–Kier alpha value is -7.54. The van der Waals surface area contributed by atoms with Crippen molar-refractivity contribution in [3.63, 3.8) is 0 Å². The normalized spacial score (nSPS) is 19.4. The van der Waals surface area contributed by atoms with E-state index in [0.717, 1.165) is 110 Å². The standard InChI is InChI=1S/C33H32ClN3O3.C32H30ClN3O3/c1-40-33(39)26-17-21(18-26)19-30-31(24-7-10-27(34)11-8-24)36-28-12-9-25(20-29(28)35-30)32(38)37-15-13-23(14-16-37)22-5-3-2-4-6-22;33-26-9-6-23(7-10-26)30-29(18-20-16-25(17-20)32(38)39)34-28-19-24(8-11-27(28)35-30)31(37)36-14-12-22(13-15-36)21-4-2-1-3-5-21/h2-12,20-21,23,26H,13-19H2,1H3;1-11,19-20,22,25H,12-18H2,(H,38,39). The van der Waals surface area contributed by atoms with E-state index in [1.165, 1.54) is 18.2 Å². The van der Waals surface area contributed by atoms with Gasteiger partial charge in [0.2, 0.25) is 0 Å². The fourth-order valence-electron chi connectivity index (χ4n) is 12.0. The van der Waals surface area contributed by atoms with Crippen LogP contribution in [0.1, 0.15) is 106 Å². The van der Waals surface area contributed by atoms with Crippen LogP contribution in [0.5, 0.6) is 0 Å². The molecule has 14 heteroatoms. The fraction of sp³-hybridized carbons (Fsp3) is 0.323. The van der Waals surface area contributed by atoms with Gasteiger partial charge >= 0.3 is 11.9 Å². The van der Waals surface area contributed by atoms with E-state index in [0.29, 0.717) is 75.6 Å². The van der Waals surface area contributed by atoms with Gasteiger partial charge in [-0.1, -0.05) is 108 Å². The first kappa shape index (κ1) is 53.5. The van der Waals surface area contributed by atoms with Crippen LogP contribution in [0.15, 0.2) is 146 Å². The van der Waals surface area contributed by atoms with Gasteiger partial charge in [-0.25, -0.2) is 19.9 Å². The molecule has 2 saturated heterocycles. The van der Waals surface area contributed by atoms with Gasteiger partial charge in [0.1, 0.15) is 0 Å². The number of ether oxygens (including phenoxy) is 1. The van der Waals surface area contributed by atoms with Crippen LogP contribution >= 0.6 is 23.2 Å².